The van der Waals surface area contributed by atoms with Gasteiger partial charge < -0.3 is 16.0 Å². The molecule has 0 spiro atoms. The van der Waals surface area contributed by atoms with Crippen LogP contribution in [0.2, 0.25) is 0 Å². The Morgan fingerprint density at radius 3 is 2.03 bits per heavy atom. The second kappa shape index (κ2) is 12.6. The van der Waals surface area contributed by atoms with Crippen LogP contribution in [0.3, 0.4) is 0 Å². The number of allylic oxidation sites excluding steroid dienone is 1. The number of dihydropyridines is 1. The molecule has 3 N–H and O–H groups in total. The lowest BCUT2D eigenvalue weighted by Crippen LogP contribution is -2.27. The molecular formula is C28H30Cl2N4O2. The van der Waals surface area contributed by atoms with Gasteiger partial charge in [0.2, 0.25) is 11.8 Å². The first-order valence-electron chi connectivity index (χ1n) is 11.6. The largest absolute Gasteiger partial charge is 0.355 e. The number of likely N-dealkylation sites (N-methyl/N-ethyl adjacent to an activating group) is 2. The first kappa shape index (κ1) is 27.2. The van der Waals surface area contributed by atoms with Gasteiger partial charge in [0.25, 0.3) is 0 Å². The van der Waals surface area contributed by atoms with Crippen molar-refractivity contribution in [3.63, 3.8) is 0 Å². The third-order valence-corrected chi connectivity index (χ3v) is 6.66. The maximum atomic E-state index is 11.9. The van der Waals surface area contributed by atoms with E-state index in [1.54, 1.807) is 26.5 Å². The van der Waals surface area contributed by atoms with Gasteiger partial charge in [0, 0.05) is 55.9 Å². The molecule has 2 heterocycles. The van der Waals surface area contributed by atoms with Crippen LogP contribution >= 0.6 is 23.2 Å². The number of halogens is 2. The minimum absolute atomic E-state index is 0.0175. The van der Waals surface area contributed by atoms with Crippen molar-refractivity contribution in [2.45, 2.75) is 32.1 Å². The van der Waals surface area contributed by atoms with Gasteiger partial charge >= 0.3 is 0 Å². The van der Waals surface area contributed by atoms with Gasteiger partial charge in [-0.05, 0) is 42.2 Å². The number of aryl methyl sites for hydroxylation is 2. The van der Waals surface area contributed by atoms with Gasteiger partial charge in [-0.2, -0.15) is 0 Å². The van der Waals surface area contributed by atoms with E-state index in [9.17, 15) is 9.59 Å². The number of carbonyl (C=O) groups is 2. The molecule has 2 aromatic rings. The molecule has 0 fully saturated rings. The van der Waals surface area contributed by atoms with E-state index in [0.29, 0.717) is 27.9 Å². The Morgan fingerprint density at radius 1 is 0.889 bits per heavy atom. The average Bonchev–Trinajstić information content (AvgIpc) is 2.88. The number of carbonyl (C=O) groups excluding carboxylic acids is 2. The number of rotatable bonds is 4. The van der Waals surface area contributed by atoms with Crippen molar-refractivity contribution in [3.8, 4) is 0 Å². The van der Waals surface area contributed by atoms with Crippen molar-refractivity contribution in [2.75, 3.05) is 14.1 Å². The molecule has 0 aliphatic carbocycles. The van der Waals surface area contributed by atoms with Crippen LogP contribution < -0.4 is 16.0 Å². The Hall–Kier alpha value is -3.35. The molecular weight excluding hydrogens is 495 g/mol. The summed E-state index contributed by atoms with van der Waals surface area (Å²) in [4.78, 5) is 27.8. The fourth-order valence-electron chi connectivity index (χ4n) is 4.24. The predicted octanol–water partition coefficient (Wildman–Crippen LogP) is 5.14. The summed E-state index contributed by atoms with van der Waals surface area (Å²) >= 11 is 12.0. The minimum Gasteiger partial charge on any atom is -0.355 e. The summed E-state index contributed by atoms with van der Waals surface area (Å²) in [5.74, 6) is -0.330. The summed E-state index contributed by atoms with van der Waals surface area (Å²) in [5, 5.41) is 9.24. The summed E-state index contributed by atoms with van der Waals surface area (Å²) in [6, 6.07) is 16.0. The second-order valence-corrected chi connectivity index (χ2v) is 9.30. The van der Waals surface area contributed by atoms with E-state index in [0.717, 1.165) is 22.3 Å². The molecule has 0 saturated heterocycles. The highest BCUT2D eigenvalue weighted by molar-refractivity contribution is 6.65. The van der Waals surface area contributed by atoms with Crippen molar-refractivity contribution < 1.29 is 9.59 Å². The van der Waals surface area contributed by atoms with Gasteiger partial charge in [-0.15, -0.1) is 0 Å². The van der Waals surface area contributed by atoms with Crippen LogP contribution in [0.4, 0.5) is 0 Å². The number of amides is 2. The van der Waals surface area contributed by atoms with Crippen LogP contribution in [0.1, 0.15) is 40.5 Å². The van der Waals surface area contributed by atoms with Gasteiger partial charge in [-0.1, -0.05) is 71.7 Å². The van der Waals surface area contributed by atoms with Crippen molar-refractivity contribution in [1.82, 2.24) is 16.0 Å². The number of nitrogens with one attached hydrogen (secondary N) is 3. The molecule has 0 radical (unpaired) electrons. The van der Waals surface area contributed by atoms with E-state index >= 15 is 0 Å². The van der Waals surface area contributed by atoms with Crippen LogP contribution in [-0.2, 0) is 9.59 Å². The van der Waals surface area contributed by atoms with Crippen LogP contribution in [0.15, 0.2) is 88.3 Å². The van der Waals surface area contributed by atoms with E-state index in [2.05, 4.69) is 20.9 Å². The highest BCUT2D eigenvalue weighted by Crippen LogP contribution is 2.34. The molecule has 188 valence electrons. The van der Waals surface area contributed by atoms with E-state index in [1.165, 1.54) is 0 Å². The molecule has 2 unspecified atom stereocenters. The van der Waals surface area contributed by atoms with Crippen molar-refractivity contribution in [2.24, 2.45) is 4.99 Å². The highest BCUT2D eigenvalue weighted by Gasteiger charge is 2.27. The van der Waals surface area contributed by atoms with Crippen LogP contribution in [0, 0.1) is 13.8 Å². The smallest absolute Gasteiger partial charge is 0.249 e. The zero-order chi connectivity index (χ0) is 26.2. The van der Waals surface area contributed by atoms with Crippen molar-refractivity contribution >= 4 is 40.2 Å². The molecule has 0 aromatic heterocycles. The molecule has 2 aliphatic heterocycles. The summed E-state index contributed by atoms with van der Waals surface area (Å²) in [6.07, 6.45) is 5.67. The number of aliphatic imine (C=N–C) groups is 1. The number of nitrogens with zero attached hydrogens (tertiary/aromatic N) is 1. The summed E-state index contributed by atoms with van der Waals surface area (Å²) in [6.45, 7) is 4.07. The fourth-order valence-corrected chi connectivity index (χ4v) is 4.63. The molecule has 8 heteroatoms. The third-order valence-electron chi connectivity index (χ3n) is 6.17. The summed E-state index contributed by atoms with van der Waals surface area (Å²) in [5.41, 5.74) is 5.84. The summed E-state index contributed by atoms with van der Waals surface area (Å²) in [7, 11) is 3.25. The lowest BCUT2D eigenvalue weighted by molar-refractivity contribution is -0.118. The average molecular weight is 525 g/mol. The molecule has 2 amide bonds. The van der Waals surface area contributed by atoms with E-state index < -0.39 is 0 Å². The van der Waals surface area contributed by atoms with E-state index in [4.69, 9.17) is 23.2 Å². The fraction of sp³-hybridized carbons (Fsp3) is 0.250. The summed E-state index contributed by atoms with van der Waals surface area (Å²) < 4.78 is 0. The Kier molecular flexibility index (Phi) is 9.51. The molecule has 2 aliphatic rings. The zero-order valence-electron chi connectivity index (χ0n) is 20.7. The molecule has 0 saturated carbocycles. The first-order valence-corrected chi connectivity index (χ1v) is 12.3. The Labute approximate surface area is 222 Å². The van der Waals surface area contributed by atoms with Gasteiger partial charge in [-0.25, -0.2) is 4.99 Å². The molecule has 36 heavy (non-hydrogen) atoms. The zero-order valence-corrected chi connectivity index (χ0v) is 22.2. The standard InChI is InChI=1S/2C14H15ClN2O/c2*1-9-5-3-4-6-10(9)11-7-13(15)17-8-12(11)14(18)16-2/h3-6,8,11H,7H2,1-2H3,(H,16,18);3-8,11,17H,1-2H3,(H,16,18). The van der Waals surface area contributed by atoms with Gasteiger partial charge in [0.15, 0.2) is 0 Å². The van der Waals surface area contributed by atoms with Crippen molar-refractivity contribution in [3.05, 3.63) is 106 Å². The van der Waals surface area contributed by atoms with Crippen molar-refractivity contribution in [1.29, 1.82) is 0 Å². The number of hydrogen-bond acceptors (Lipinski definition) is 4. The van der Waals surface area contributed by atoms with E-state index in [1.807, 2.05) is 68.5 Å². The SMILES string of the molecule is CNC(=O)C1=CN=C(Cl)CC1c1ccccc1C.CNC(=O)C1=CNC(Cl)=CC1c1ccccc1C. The second-order valence-electron chi connectivity index (χ2n) is 8.45. The van der Waals surface area contributed by atoms with Gasteiger partial charge in [-0.3, -0.25) is 9.59 Å². The minimum atomic E-state index is -0.111. The normalized spacial score (nSPS) is 18.7. The van der Waals surface area contributed by atoms with Gasteiger partial charge in [0.1, 0.15) is 10.3 Å². The Balaban J connectivity index is 0.000000201. The molecule has 2 atom stereocenters. The van der Waals surface area contributed by atoms with E-state index in [-0.39, 0.29) is 23.7 Å². The van der Waals surface area contributed by atoms with Crippen LogP contribution in [-0.4, -0.2) is 31.1 Å². The Bertz CT molecular complexity index is 1260. The lowest BCUT2D eigenvalue weighted by atomic mass is 9.85. The predicted molar refractivity (Wildman–Crippen MR) is 147 cm³/mol. The Morgan fingerprint density at radius 2 is 1.44 bits per heavy atom. The topological polar surface area (TPSA) is 82.6 Å². The number of benzene rings is 2. The first-order chi connectivity index (χ1) is 17.3. The number of hydrogen-bond donors (Lipinski definition) is 3. The van der Waals surface area contributed by atoms with Crippen LogP contribution in [0.25, 0.3) is 0 Å². The van der Waals surface area contributed by atoms with Gasteiger partial charge in [0.05, 0.1) is 0 Å². The molecule has 0 bridgehead atoms. The maximum absolute atomic E-state index is 11.9. The molecule has 4 rings (SSSR count). The molecule has 2 aromatic carbocycles. The quantitative estimate of drug-likeness (QED) is 0.484. The highest BCUT2D eigenvalue weighted by atomic mass is 35.5. The monoisotopic (exact) mass is 524 g/mol. The lowest BCUT2D eigenvalue weighted by Gasteiger charge is -2.23. The molecule has 6 nitrogen and oxygen atoms in total. The third kappa shape index (κ3) is 6.45. The van der Waals surface area contributed by atoms with Crippen LogP contribution in [0.5, 0.6) is 0 Å². The maximum Gasteiger partial charge on any atom is 0.249 e.